The van der Waals surface area contributed by atoms with Crippen molar-refractivity contribution in [2.24, 2.45) is 0 Å². The highest BCUT2D eigenvalue weighted by Gasteiger charge is 2.11. The van der Waals surface area contributed by atoms with Gasteiger partial charge < -0.3 is 15.2 Å². The van der Waals surface area contributed by atoms with Gasteiger partial charge in [-0.3, -0.25) is 9.59 Å². The number of rotatable bonds is 9. The highest BCUT2D eigenvalue weighted by molar-refractivity contribution is 5.95. The zero-order chi connectivity index (χ0) is 20.5. The number of nitrogens with one attached hydrogen (secondary N) is 1. The molecule has 0 aromatic heterocycles. The Hall–Kier alpha value is -3.60. The van der Waals surface area contributed by atoms with Crippen LogP contribution in [0.3, 0.4) is 0 Å². The molecule has 148 valence electrons. The van der Waals surface area contributed by atoms with Crippen molar-refractivity contribution >= 4 is 11.9 Å². The Kier molecular flexibility index (Phi) is 7.00. The molecule has 0 atom stereocenters. The van der Waals surface area contributed by atoms with Crippen LogP contribution in [-0.4, -0.2) is 17.0 Å². The molecule has 0 saturated carbocycles. The maximum atomic E-state index is 12.5. The van der Waals surface area contributed by atoms with Crippen molar-refractivity contribution in [2.45, 2.75) is 26.0 Å². The van der Waals surface area contributed by atoms with Gasteiger partial charge in [-0.15, -0.1) is 0 Å². The third-order valence-electron chi connectivity index (χ3n) is 4.49. The lowest BCUT2D eigenvalue weighted by molar-refractivity contribution is -0.136. The number of carbonyl (C=O) groups excluding carboxylic acids is 1. The van der Waals surface area contributed by atoms with Crippen molar-refractivity contribution in [3.05, 3.63) is 101 Å². The molecule has 3 aromatic carbocycles. The van der Waals surface area contributed by atoms with Crippen molar-refractivity contribution in [1.29, 1.82) is 0 Å². The molecule has 0 aliphatic rings. The normalized spacial score (nSPS) is 10.3. The lowest BCUT2D eigenvalue weighted by Crippen LogP contribution is -2.24. The van der Waals surface area contributed by atoms with Crippen LogP contribution >= 0.6 is 0 Å². The van der Waals surface area contributed by atoms with E-state index < -0.39 is 5.97 Å². The first-order valence-corrected chi connectivity index (χ1v) is 9.45. The van der Waals surface area contributed by atoms with E-state index in [0.29, 0.717) is 25.1 Å². The van der Waals surface area contributed by atoms with Crippen LogP contribution in [0.2, 0.25) is 0 Å². The largest absolute Gasteiger partial charge is 0.489 e. The van der Waals surface area contributed by atoms with E-state index in [4.69, 9.17) is 9.84 Å². The van der Waals surface area contributed by atoms with Gasteiger partial charge in [0, 0.05) is 18.5 Å². The minimum atomic E-state index is -0.880. The van der Waals surface area contributed by atoms with Crippen molar-refractivity contribution in [2.75, 3.05) is 0 Å². The van der Waals surface area contributed by atoms with Gasteiger partial charge in [-0.25, -0.2) is 0 Å². The van der Waals surface area contributed by atoms with Gasteiger partial charge in [0.2, 0.25) is 0 Å². The molecular weight excluding hydrogens is 366 g/mol. The summed E-state index contributed by atoms with van der Waals surface area (Å²) >= 11 is 0. The third kappa shape index (κ3) is 6.21. The number of carboxylic acid groups (broad SMARTS) is 1. The van der Waals surface area contributed by atoms with Crippen LogP contribution in [0.15, 0.2) is 78.9 Å². The molecule has 0 bridgehead atoms. The van der Waals surface area contributed by atoms with Crippen molar-refractivity contribution in [1.82, 2.24) is 5.32 Å². The number of carbonyl (C=O) groups is 2. The number of hydrogen-bond acceptors (Lipinski definition) is 3. The number of carboxylic acids is 1. The quantitative estimate of drug-likeness (QED) is 0.575. The fraction of sp³-hybridized carbons (Fsp3) is 0.167. The van der Waals surface area contributed by atoms with Gasteiger partial charge in [-0.05, 0) is 41.3 Å². The minimum Gasteiger partial charge on any atom is -0.489 e. The SMILES string of the molecule is O=C(O)CCc1ccccc1C(=O)NCc1ccc(OCc2ccccc2)cc1. The van der Waals surface area contributed by atoms with Crippen molar-refractivity contribution in [3.8, 4) is 5.75 Å². The molecule has 3 rings (SSSR count). The van der Waals surface area contributed by atoms with Crippen molar-refractivity contribution in [3.63, 3.8) is 0 Å². The molecule has 5 nitrogen and oxygen atoms in total. The number of hydrogen-bond donors (Lipinski definition) is 2. The van der Waals surface area contributed by atoms with E-state index >= 15 is 0 Å². The fourth-order valence-electron chi connectivity index (χ4n) is 2.92. The molecule has 0 radical (unpaired) electrons. The number of aryl methyl sites for hydroxylation is 1. The molecule has 1 amide bonds. The van der Waals surface area contributed by atoms with E-state index in [1.165, 1.54) is 0 Å². The molecule has 0 heterocycles. The summed E-state index contributed by atoms with van der Waals surface area (Å²) < 4.78 is 5.77. The first-order valence-electron chi connectivity index (χ1n) is 9.45. The molecule has 5 heteroatoms. The Morgan fingerprint density at radius 1 is 0.828 bits per heavy atom. The van der Waals surface area contributed by atoms with Crippen LogP contribution in [0.5, 0.6) is 5.75 Å². The number of amides is 1. The smallest absolute Gasteiger partial charge is 0.303 e. The van der Waals surface area contributed by atoms with Crippen LogP contribution in [0.4, 0.5) is 0 Å². The van der Waals surface area contributed by atoms with E-state index in [0.717, 1.165) is 22.4 Å². The second-order valence-corrected chi connectivity index (χ2v) is 6.65. The zero-order valence-electron chi connectivity index (χ0n) is 16.0. The molecule has 0 fully saturated rings. The van der Waals surface area contributed by atoms with Gasteiger partial charge in [-0.1, -0.05) is 60.7 Å². The average molecular weight is 389 g/mol. The van der Waals surface area contributed by atoms with Crippen LogP contribution in [0.1, 0.15) is 33.5 Å². The van der Waals surface area contributed by atoms with E-state index in [1.54, 1.807) is 18.2 Å². The van der Waals surface area contributed by atoms with Crippen LogP contribution in [0.25, 0.3) is 0 Å². The topological polar surface area (TPSA) is 75.6 Å². The zero-order valence-corrected chi connectivity index (χ0v) is 16.0. The molecular formula is C24H23NO4. The van der Waals surface area contributed by atoms with Gasteiger partial charge >= 0.3 is 5.97 Å². The molecule has 29 heavy (non-hydrogen) atoms. The van der Waals surface area contributed by atoms with Gasteiger partial charge in [0.05, 0.1) is 0 Å². The number of ether oxygens (including phenoxy) is 1. The monoisotopic (exact) mass is 389 g/mol. The lowest BCUT2D eigenvalue weighted by Gasteiger charge is -2.10. The number of benzene rings is 3. The van der Waals surface area contributed by atoms with E-state index in [1.807, 2.05) is 60.7 Å². The van der Waals surface area contributed by atoms with Crippen LogP contribution in [0, 0.1) is 0 Å². The highest BCUT2D eigenvalue weighted by Crippen LogP contribution is 2.15. The molecule has 0 saturated heterocycles. The average Bonchev–Trinajstić information content (AvgIpc) is 2.76. The molecule has 0 unspecified atom stereocenters. The Morgan fingerprint density at radius 3 is 2.24 bits per heavy atom. The lowest BCUT2D eigenvalue weighted by atomic mass is 10.0. The summed E-state index contributed by atoms with van der Waals surface area (Å²) in [6, 6.07) is 24.6. The Balaban J connectivity index is 1.53. The standard InChI is InChI=1S/C24H23NO4/c26-23(27)15-12-20-8-4-5-9-22(20)24(28)25-16-18-10-13-21(14-11-18)29-17-19-6-2-1-3-7-19/h1-11,13-14H,12,15-17H2,(H,25,28)(H,26,27). The van der Waals surface area contributed by atoms with Crippen LogP contribution < -0.4 is 10.1 Å². The first kappa shape index (κ1) is 20.1. The number of aliphatic carboxylic acids is 1. The summed E-state index contributed by atoms with van der Waals surface area (Å²) in [5, 5.41) is 11.8. The minimum absolute atomic E-state index is 0.00522. The summed E-state index contributed by atoms with van der Waals surface area (Å²) in [5.41, 5.74) is 3.30. The molecule has 0 spiro atoms. The Labute approximate surface area is 170 Å². The Morgan fingerprint density at radius 2 is 1.52 bits per heavy atom. The summed E-state index contributed by atoms with van der Waals surface area (Å²) in [4.78, 5) is 23.3. The predicted octanol–water partition coefficient (Wildman–Crippen LogP) is 4.21. The van der Waals surface area contributed by atoms with Crippen molar-refractivity contribution < 1.29 is 19.4 Å². The Bertz CT molecular complexity index is 952. The van der Waals surface area contributed by atoms with Gasteiger partial charge in [0.1, 0.15) is 12.4 Å². The maximum Gasteiger partial charge on any atom is 0.303 e. The maximum absolute atomic E-state index is 12.5. The van der Waals surface area contributed by atoms with E-state index in [-0.39, 0.29) is 12.3 Å². The molecule has 3 aromatic rings. The third-order valence-corrected chi connectivity index (χ3v) is 4.49. The fourth-order valence-corrected chi connectivity index (χ4v) is 2.92. The van der Waals surface area contributed by atoms with Crippen LogP contribution in [-0.2, 0) is 24.4 Å². The summed E-state index contributed by atoms with van der Waals surface area (Å²) in [7, 11) is 0. The second kappa shape index (κ2) is 10.1. The predicted molar refractivity (Wildman–Crippen MR) is 111 cm³/mol. The summed E-state index contributed by atoms with van der Waals surface area (Å²) in [5.74, 6) is -0.326. The first-order chi connectivity index (χ1) is 14.1. The van der Waals surface area contributed by atoms with E-state index in [2.05, 4.69) is 5.32 Å². The second-order valence-electron chi connectivity index (χ2n) is 6.65. The molecule has 0 aliphatic carbocycles. The van der Waals surface area contributed by atoms with Gasteiger partial charge in [0.25, 0.3) is 5.91 Å². The highest BCUT2D eigenvalue weighted by atomic mass is 16.5. The van der Waals surface area contributed by atoms with E-state index in [9.17, 15) is 9.59 Å². The van der Waals surface area contributed by atoms with Gasteiger partial charge in [-0.2, -0.15) is 0 Å². The molecule has 2 N–H and O–H groups in total. The summed E-state index contributed by atoms with van der Waals surface area (Å²) in [6.07, 6.45) is 0.321. The molecule has 0 aliphatic heterocycles. The summed E-state index contributed by atoms with van der Waals surface area (Å²) in [6.45, 7) is 0.884. The van der Waals surface area contributed by atoms with Gasteiger partial charge in [0.15, 0.2) is 0 Å².